The summed E-state index contributed by atoms with van der Waals surface area (Å²) in [5.74, 6) is -0.955. The molecule has 3 aromatic heterocycles. The van der Waals surface area contributed by atoms with E-state index in [1.807, 2.05) is 0 Å². The SMILES string of the molecule is COc1cccc(-c2cn3c(=O)/c(=C/c4cc(F)c(O)c(OC)c4)sc3n2)n1. The molecule has 4 rings (SSSR count). The van der Waals surface area contributed by atoms with Crippen LogP contribution >= 0.6 is 11.3 Å². The molecule has 1 N–H and O–H groups in total. The number of pyridine rings is 1. The molecule has 0 atom stereocenters. The van der Waals surface area contributed by atoms with Gasteiger partial charge in [-0.25, -0.2) is 14.4 Å². The normalized spacial score (nSPS) is 11.9. The standard InChI is InChI=1S/C19H14FN3O4S/c1-26-14-7-10(6-11(20)17(14)24)8-15-18(25)23-9-13(22-19(23)28-15)12-4-3-5-16(21-12)27-2/h3-9,24H,1-2H3/b15-8-. The van der Waals surface area contributed by atoms with E-state index >= 15 is 0 Å². The molecule has 3 heterocycles. The molecule has 9 heteroatoms. The van der Waals surface area contributed by atoms with Crippen molar-refractivity contribution in [1.82, 2.24) is 14.4 Å². The minimum Gasteiger partial charge on any atom is -0.502 e. The van der Waals surface area contributed by atoms with Gasteiger partial charge >= 0.3 is 0 Å². The first-order valence-corrected chi connectivity index (χ1v) is 8.93. The third-order valence-electron chi connectivity index (χ3n) is 4.07. The molecule has 0 spiro atoms. The van der Waals surface area contributed by atoms with Gasteiger partial charge in [-0.1, -0.05) is 17.4 Å². The highest BCUT2D eigenvalue weighted by atomic mass is 32.1. The third-order valence-corrected chi connectivity index (χ3v) is 5.05. The lowest BCUT2D eigenvalue weighted by atomic mass is 10.2. The van der Waals surface area contributed by atoms with E-state index in [9.17, 15) is 14.3 Å². The van der Waals surface area contributed by atoms with Crippen molar-refractivity contribution in [2.24, 2.45) is 0 Å². The molecule has 28 heavy (non-hydrogen) atoms. The van der Waals surface area contributed by atoms with Crippen LogP contribution in [0.2, 0.25) is 0 Å². The molecule has 1 aromatic carbocycles. The number of ether oxygens (including phenoxy) is 2. The van der Waals surface area contributed by atoms with Crippen molar-refractivity contribution in [3.05, 3.63) is 62.8 Å². The number of aromatic hydroxyl groups is 1. The summed E-state index contributed by atoms with van der Waals surface area (Å²) in [7, 11) is 2.85. The van der Waals surface area contributed by atoms with Crippen LogP contribution in [0.3, 0.4) is 0 Å². The number of halogens is 1. The Kier molecular flexibility index (Phi) is 4.44. The quantitative estimate of drug-likeness (QED) is 0.566. The molecule has 142 valence electrons. The lowest BCUT2D eigenvalue weighted by Crippen LogP contribution is -2.22. The Balaban J connectivity index is 1.79. The zero-order valence-corrected chi connectivity index (χ0v) is 15.7. The lowest BCUT2D eigenvalue weighted by molar-refractivity contribution is 0.357. The maximum atomic E-state index is 13.8. The van der Waals surface area contributed by atoms with E-state index in [0.29, 0.717) is 32.3 Å². The van der Waals surface area contributed by atoms with Gasteiger partial charge in [0.25, 0.3) is 5.56 Å². The van der Waals surface area contributed by atoms with E-state index in [0.717, 1.165) is 6.07 Å². The number of phenols is 1. The van der Waals surface area contributed by atoms with E-state index in [4.69, 9.17) is 9.47 Å². The summed E-state index contributed by atoms with van der Waals surface area (Å²) < 4.78 is 25.7. The van der Waals surface area contributed by atoms with Gasteiger partial charge in [0.15, 0.2) is 22.3 Å². The molecular weight excluding hydrogens is 385 g/mol. The number of thiazole rings is 1. The predicted octanol–water partition coefficient (Wildman–Crippen LogP) is 2.23. The Bertz CT molecular complexity index is 1300. The van der Waals surface area contributed by atoms with Gasteiger partial charge in [0, 0.05) is 12.3 Å². The first kappa shape index (κ1) is 17.9. The number of methoxy groups -OCH3 is 2. The highest BCUT2D eigenvalue weighted by Gasteiger charge is 2.13. The smallest absolute Gasteiger partial charge is 0.274 e. The van der Waals surface area contributed by atoms with Gasteiger partial charge in [-0.2, -0.15) is 0 Å². The second kappa shape index (κ2) is 6.93. The Morgan fingerprint density at radius 3 is 2.71 bits per heavy atom. The number of nitrogens with zero attached hydrogens (tertiary/aromatic N) is 3. The second-order valence-corrected chi connectivity index (χ2v) is 6.82. The first-order chi connectivity index (χ1) is 13.5. The van der Waals surface area contributed by atoms with Crippen LogP contribution < -0.4 is 19.6 Å². The van der Waals surface area contributed by atoms with E-state index in [1.165, 1.54) is 42.1 Å². The van der Waals surface area contributed by atoms with Crippen molar-refractivity contribution in [2.75, 3.05) is 14.2 Å². The van der Waals surface area contributed by atoms with Crippen LogP contribution in [-0.4, -0.2) is 33.7 Å². The van der Waals surface area contributed by atoms with Crippen molar-refractivity contribution in [3.63, 3.8) is 0 Å². The number of aromatic nitrogens is 3. The van der Waals surface area contributed by atoms with Crippen LogP contribution in [0.25, 0.3) is 22.4 Å². The monoisotopic (exact) mass is 399 g/mol. The minimum atomic E-state index is -0.828. The highest BCUT2D eigenvalue weighted by molar-refractivity contribution is 7.15. The largest absolute Gasteiger partial charge is 0.502 e. The summed E-state index contributed by atoms with van der Waals surface area (Å²) in [6, 6.07) is 7.87. The summed E-state index contributed by atoms with van der Waals surface area (Å²) in [5, 5.41) is 9.60. The zero-order chi connectivity index (χ0) is 19.8. The summed E-state index contributed by atoms with van der Waals surface area (Å²) >= 11 is 1.17. The Labute approximate surface area is 161 Å². The zero-order valence-electron chi connectivity index (χ0n) is 14.8. The molecule has 0 aliphatic heterocycles. The number of rotatable bonds is 4. The number of phenolic OH excluding ortho intramolecular Hbond substituents is 1. The molecule has 0 aliphatic rings. The molecular formula is C19H14FN3O4S. The Hall–Kier alpha value is -3.46. The van der Waals surface area contributed by atoms with E-state index in [-0.39, 0.29) is 11.3 Å². The van der Waals surface area contributed by atoms with Crippen LogP contribution in [0.15, 0.2) is 41.3 Å². The van der Waals surface area contributed by atoms with Gasteiger partial charge in [0.1, 0.15) is 5.69 Å². The minimum absolute atomic E-state index is 0.00795. The van der Waals surface area contributed by atoms with Gasteiger partial charge in [-0.3, -0.25) is 9.20 Å². The molecule has 0 saturated carbocycles. The average molecular weight is 399 g/mol. The summed E-state index contributed by atoms with van der Waals surface area (Å²) in [6.45, 7) is 0. The van der Waals surface area contributed by atoms with Gasteiger partial charge in [0.05, 0.1) is 24.4 Å². The highest BCUT2D eigenvalue weighted by Crippen LogP contribution is 2.30. The lowest BCUT2D eigenvalue weighted by Gasteiger charge is -2.04. The van der Waals surface area contributed by atoms with E-state index in [2.05, 4.69) is 9.97 Å². The molecule has 4 aromatic rings. The van der Waals surface area contributed by atoms with Crippen molar-refractivity contribution in [3.8, 4) is 28.8 Å². The maximum Gasteiger partial charge on any atom is 0.274 e. The van der Waals surface area contributed by atoms with E-state index < -0.39 is 11.6 Å². The molecule has 7 nitrogen and oxygen atoms in total. The van der Waals surface area contributed by atoms with Gasteiger partial charge in [-0.05, 0) is 29.8 Å². The fourth-order valence-electron chi connectivity index (χ4n) is 2.71. The average Bonchev–Trinajstić information content (AvgIpc) is 3.24. The molecule has 0 fully saturated rings. The maximum absolute atomic E-state index is 13.8. The number of hydrogen-bond donors (Lipinski definition) is 1. The number of benzene rings is 1. The number of hydrogen-bond acceptors (Lipinski definition) is 7. The molecule has 0 unspecified atom stereocenters. The molecule has 0 amide bonds. The van der Waals surface area contributed by atoms with Crippen LogP contribution in [0, 0.1) is 5.82 Å². The summed E-state index contributed by atoms with van der Waals surface area (Å²) in [6.07, 6.45) is 3.13. The van der Waals surface area contributed by atoms with Crippen LogP contribution in [0.5, 0.6) is 17.4 Å². The Morgan fingerprint density at radius 2 is 2.00 bits per heavy atom. The van der Waals surface area contributed by atoms with Gasteiger partial charge in [0.2, 0.25) is 5.88 Å². The van der Waals surface area contributed by atoms with Crippen LogP contribution in [0.1, 0.15) is 5.56 Å². The third kappa shape index (κ3) is 3.05. The topological polar surface area (TPSA) is 86.0 Å². The number of imidazole rings is 1. The first-order valence-electron chi connectivity index (χ1n) is 8.11. The summed E-state index contributed by atoms with van der Waals surface area (Å²) in [4.78, 5) is 21.9. The second-order valence-electron chi connectivity index (χ2n) is 5.81. The Morgan fingerprint density at radius 1 is 1.18 bits per heavy atom. The fraction of sp³-hybridized carbons (Fsp3) is 0.105. The van der Waals surface area contributed by atoms with Crippen molar-refractivity contribution in [1.29, 1.82) is 0 Å². The molecule has 0 saturated heterocycles. The van der Waals surface area contributed by atoms with E-state index in [1.54, 1.807) is 24.4 Å². The summed E-state index contributed by atoms with van der Waals surface area (Å²) in [5.41, 5.74) is 1.24. The predicted molar refractivity (Wildman–Crippen MR) is 103 cm³/mol. The van der Waals surface area contributed by atoms with Crippen molar-refractivity contribution >= 4 is 22.4 Å². The molecule has 0 bridgehead atoms. The van der Waals surface area contributed by atoms with Gasteiger partial charge < -0.3 is 14.6 Å². The van der Waals surface area contributed by atoms with Crippen LogP contribution in [-0.2, 0) is 0 Å². The number of fused-ring (bicyclic) bond motifs is 1. The molecule has 0 aliphatic carbocycles. The van der Waals surface area contributed by atoms with Crippen LogP contribution in [0.4, 0.5) is 4.39 Å². The van der Waals surface area contributed by atoms with Crippen molar-refractivity contribution in [2.45, 2.75) is 0 Å². The fourth-order valence-corrected chi connectivity index (χ4v) is 3.67. The molecule has 0 radical (unpaired) electrons. The van der Waals surface area contributed by atoms with Crippen molar-refractivity contribution < 1.29 is 19.0 Å². The van der Waals surface area contributed by atoms with Gasteiger partial charge in [-0.15, -0.1) is 0 Å².